The predicted molar refractivity (Wildman–Crippen MR) is 84.0 cm³/mol. The van der Waals surface area contributed by atoms with E-state index >= 15 is 0 Å². The first-order chi connectivity index (χ1) is 11.7. The van der Waals surface area contributed by atoms with Crippen molar-refractivity contribution in [2.75, 3.05) is 5.32 Å². The molecule has 0 aliphatic heterocycles. The van der Waals surface area contributed by atoms with Crippen molar-refractivity contribution in [1.29, 1.82) is 0 Å². The molecule has 0 fully saturated rings. The number of aryl methyl sites for hydroxylation is 1. The number of carbonyl (C=O) groups is 1. The van der Waals surface area contributed by atoms with Crippen LogP contribution in [0.5, 0.6) is 0 Å². The van der Waals surface area contributed by atoms with Crippen LogP contribution in [0.25, 0.3) is 22.6 Å². The Bertz CT molecular complexity index is 1040. The van der Waals surface area contributed by atoms with Gasteiger partial charge < -0.3 is 4.42 Å². The van der Waals surface area contributed by atoms with E-state index in [1.54, 1.807) is 30.1 Å². The highest BCUT2D eigenvalue weighted by molar-refractivity contribution is 6.02. The monoisotopic (exact) mass is 321 g/mol. The maximum absolute atomic E-state index is 12.2. The number of fused-ring (bicyclic) bond motifs is 1. The fourth-order valence-corrected chi connectivity index (χ4v) is 2.13. The first kappa shape index (κ1) is 14.0. The normalized spacial score (nSPS) is 10.9. The quantitative estimate of drug-likeness (QED) is 0.610. The van der Waals surface area contributed by atoms with E-state index in [9.17, 15) is 4.79 Å². The number of aromatic nitrogens is 6. The van der Waals surface area contributed by atoms with Gasteiger partial charge in [-0.1, -0.05) is 17.2 Å². The van der Waals surface area contributed by atoms with Gasteiger partial charge in [-0.15, -0.1) is 5.10 Å². The molecule has 0 atom stereocenters. The number of amides is 1. The van der Waals surface area contributed by atoms with Crippen molar-refractivity contribution in [2.45, 2.75) is 0 Å². The molecule has 0 bridgehead atoms. The molecule has 0 saturated carbocycles. The van der Waals surface area contributed by atoms with E-state index in [1.807, 2.05) is 18.2 Å². The van der Waals surface area contributed by atoms with Crippen LogP contribution in [0.4, 0.5) is 6.01 Å². The Balaban J connectivity index is 1.56. The fourth-order valence-electron chi connectivity index (χ4n) is 2.13. The van der Waals surface area contributed by atoms with Crippen molar-refractivity contribution >= 4 is 23.0 Å². The van der Waals surface area contributed by atoms with Crippen molar-refractivity contribution in [3.63, 3.8) is 0 Å². The molecule has 24 heavy (non-hydrogen) atoms. The molecule has 0 aliphatic rings. The van der Waals surface area contributed by atoms with Crippen molar-refractivity contribution in [3.8, 4) is 11.6 Å². The summed E-state index contributed by atoms with van der Waals surface area (Å²) >= 11 is 0. The highest BCUT2D eigenvalue weighted by Gasteiger charge is 2.15. The van der Waals surface area contributed by atoms with Gasteiger partial charge >= 0.3 is 6.01 Å². The second kappa shape index (κ2) is 5.54. The Hall–Kier alpha value is -3.62. The minimum atomic E-state index is -0.482. The molecule has 118 valence electrons. The standard InChI is InChI=1S/C15H11N7O2/c1-22-7-6-11(21-22)14-19-20-15(24-14)18-13(23)12-8-16-9-4-2-3-5-10(9)17-12/h2-8H,1H3,(H,18,20,23). The first-order valence-corrected chi connectivity index (χ1v) is 7.06. The zero-order valence-corrected chi connectivity index (χ0v) is 12.5. The third-order valence-electron chi connectivity index (χ3n) is 3.26. The van der Waals surface area contributed by atoms with Crippen molar-refractivity contribution < 1.29 is 9.21 Å². The second-order valence-corrected chi connectivity index (χ2v) is 4.99. The molecule has 1 aromatic carbocycles. The molecule has 1 amide bonds. The molecule has 4 rings (SSSR count). The smallest absolute Gasteiger partial charge is 0.322 e. The van der Waals surface area contributed by atoms with Crippen LogP contribution < -0.4 is 5.32 Å². The van der Waals surface area contributed by atoms with Crippen LogP contribution in [-0.4, -0.2) is 35.9 Å². The summed E-state index contributed by atoms with van der Waals surface area (Å²) < 4.78 is 7.00. The zero-order chi connectivity index (χ0) is 16.5. The SMILES string of the molecule is Cn1ccc(-c2nnc(NC(=O)c3cnc4ccccc4n3)o2)n1. The lowest BCUT2D eigenvalue weighted by Gasteiger charge is -2.01. The Morgan fingerprint density at radius 3 is 2.79 bits per heavy atom. The van der Waals surface area contributed by atoms with Crippen molar-refractivity contribution in [2.24, 2.45) is 7.05 Å². The largest absolute Gasteiger partial charge is 0.401 e. The number of hydrogen-bond acceptors (Lipinski definition) is 7. The number of benzene rings is 1. The van der Waals surface area contributed by atoms with Gasteiger partial charge in [0.05, 0.1) is 17.2 Å². The van der Waals surface area contributed by atoms with E-state index in [2.05, 4.69) is 30.6 Å². The van der Waals surface area contributed by atoms with Crippen molar-refractivity contribution in [1.82, 2.24) is 29.9 Å². The van der Waals surface area contributed by atoms with Gasteiger partial charge in [0.1, 0.15) is 11.4 Å². The first-order valence-electron chi connectivity index (χ1n) is 7.06. The molecule has 0 unspecified atom stereocenters. The molecule has 3 aromatic heterocycles. The Morgan fingerprint density at radius 1 is 1.17 bits per heavy atom. The van der Waals surface area contributed by atoms with Crippen LogP contribution in [0.1, 0.15) is 10.5 Å². The van der Waals surface area contributed by atoms with Gasteiger partial charge in [-0.05, 0) is 18.2 Å². The summed E-state index contributed by atoms with van der Waals surface area (Å²) in [5.74, 6) is -0.264. The van der Waals surface area contributed by atoms with Crippen LogP contribution in [0.2, 0.25) is 0 Å². The highest BCUT2D eigenvalue weighted by atomic mass is 16.4. The summed E-state index contributed by atoms with van der Waals surface area (Å²) in [5.41, 5.74) is 2.02. The van der Waals surface area contributed by atoms with E-state index in [4.69, 9.17) is 4.42 Å². The molecular weight excluding hydrogens is 310 g/mol. The lowest BCUT2D eigenvalue weighted by atomic mass is 10.3. The van der Waals surface area contributed by atoms with Gasteiger partial charge in [-0.2, -0.15) is 5.10 Å². The molecule has 0 aliphatic carbocycles. The molecule has 4 aromatic rings. The molecule has 3 heterocycles. The van der Waals surface area contributed by atoms with Crippen LogP contribution >= 0.6 is 0 Å². The number of para-hydroxylation sites is 2. The summed E-state index contributed by atoms with van der Waals surface area (Å²) in [7, 11) is 1.78. The van der Waals surface area contributed by atoms with E-state index in [1.165, 1.54) is 6.20 Å². The highest BCUT2D eigenvalue weighted by Crippen LogP contribution is 2.17. The van der Waals surface area contributed by atoms with Gasteiger partial charge in [-0.3, -0.25) is 19.8 Å². The fraction of sp³-hybridized carbons (Fsp3) is 0.0667. The summed E-state index contributed by atoms with van der Waals surface area (Å²) in [4.78, 5) is 20.7. The summed E-state index contributed by atoms with van der Waals surface area (Å²) in [6.07, 6.45) is 3.15. The average Bonchev–Trinajstić information content (AvgIpc) is 3.23. The third-order valence-corrected chi connectivity index (χ3v) is 3.26. The van der Waals surface area contributed by atoms with E-state index in [-0.39, 0.29) is 17.6 Å². The average molecular weight is 321 g/mol. The minimum Gasteiger partial charge on any atom is -0.401 e. The predicted octanol–water partition coefficient (Wildman–Crippen LogP) is 1.67. The lowest BCUT2D eigenvalue weighted by Crippen LogP contribution is -2.14. The van der Waals surface area contributed by atoms with Gasteiger partial charge in [0.25, 0.3) is 11.8 Å². The third kappa shape index (κ3) is 2.58. The number of carbonyl (C=O) groups excluding carboxylic acids is 1. The zero-order valence-electron chi connectivity index (χ0n) is 12.5. The van der Waals surface area contributed by atoms with Gasteiger partial charge in [0.2, 0.25) is 0 Å². The van der Waals surface area contributed by atoms with E-state index < -0.39 is 5.91 Å². The molecule has 1 N–H and O–H groups in total. The molecule has 0 radical (unpaired) electrons. The van der Waals surface area contributed by atoms with Crippen LogP contribution in [-0.2, 0) is 7.05 Å². The number of anilines is 1. The summed E-state index contributed by atoms with van der Waals surface area (Å²) in [6, 6.07) is 8.99. The maximum atomic E-state index is 12.2. The minimum absolute atomic E-state index is 0.0318. The Morgan fingerprint density at radius 2 is 2.00 bits per heavy atom. The van der Waals surface area contributed by atoms with Crippen LogP contribution in [0, 0.1) is 0 Å². The molecule has 0 spiro atoms. The second-order valence-electron chi connectivity index (χ2n) is 4.99. The van der Waals surface area contributed by atoms with E-state index in [0.717, 1.165) is 0 Å². The topological polar surface area (TPSA) is 112 Å². The van der Waals surface area contributed by atoms with Crippen LogP contribution in [0.15, 0.2) is 47.1 Å². The number of rotatable bonds is 3. The number of nitrogens with one attached hydrogen (secondary N) is 1. The van der Waals surface area contributed by atoms with E-state index in [0.29, 0.717) is 16.7 Å². The molecule has 9 heteroatoms. The number of hydrogen-bond donors (Lipinski definition) is 1. The van der Waals surface area contributed by atoms with Gasteiger partial charge in [0, 0.05) is 13.2 Å². The summed E-state index contributed by atoms with van der Waals surface area (Å²) in [6.45, 7) is 0. The van der Waals surface area contributed by atoms with Crippen molar-refractivity contribution in [3.05, 3.63) is 48.4 Å². The Labute approximate surface area is 135 Å². The number of nitrogens with zero attached hydrogens (tertiary/aromatic N) is 6. The molecular formula is C15H11N7O2. The molecule has 9 nitrogen and oxygen atoms in total. The Kier molecular flexibility index (Phi) is 3.23. The van der Waals surface area contributed by atoms with Crippen LogP contribution in [0.3, 0.4) is 0 Å². The maximum Gasteiger partial charge on any atom is 0.322 e. The lowest BCUT2D eigenvalue weighted by molar-refractivity contribution is 0.101. The molecule has 0 saturated heterocycles. The van der Waals surface area contributed by atoms with Gasteiger partial charge in [0.15, 0.2) is 0 Å². The van der Waals surface area contributed by atoms with Gasteiger partial charge in [-0.25, -0.2) is 4.98 Å². The summed E-state index contributed by atoms with van der Waals surface area (Å²) in [5, 5.41) is 14.3.